The number of carbonyl (C=O) groups is 2. The van der Waals surface area contributed by atoms with Crippen molar-refractivity contribution >= 4 is 23.1 Å². The first-order valence-corrected chi connectivity index (χ1v) is 9.46. The molecule has 28 heavy (non-hydrogen) atoms. The van der Waals surface area contributed by atoms with Gasteiger partial charge in [-0.2, -0.15) is 0 Å². The Balaban J connectivity index is 1.66. The van der Waals surface area contributed by atoms with Crippen LogP contribution in [0.15, 0.2) is 78.9 Å². The minimum atomic E-state index is -1.86. The molecule has 1 aliphatic heterocycles. The van der Waals surface area contributed by atoms with Crippen LogP contribution in [0.2, 0.25) is 0 Å². The third-order valence-electron chi connectivity index (χ3n) is 5.91. The summed E-state index contributed by atoms with van der Waals surface area (Å²) in [5.41, 5.74) is 1.53. The van der Waals surface area contributed by atoms with Gasteiger partial charge in [-0.25, -0.2) is 0 Å². The van der Waals surface area contributed by atoms with Gasteiger partial charge in [0.05, 0.1) is 11.6 Å². The van der Waals surface area contributed by atoms with E-state index in [1.54, 1.807) is 18.2 Å². The van der Waals surface area contributed by atoms with Crippen molar-refractivity contribution in [1.82, 2.24) is 0 Å². The van der Waals surface area contributed by atoms with Gasteiger partial charge < -0.3 is 5.11 Å². The second-order valence-electron chi connectivity index (χ2n) is 7.37. The van der Waals surface area contributed by atoms with Crippen LogP contribution in [0.3, 0.4) is 0 Å². The van der Waals surface area contributed by atoms with Crippen molar-refractivity contribution in [3.8, 4) is 0 Å². The van der Waals surface area contributed by atoms with Gasteiger partial charge >= 0.3 is 0 Å². The van der Waals surface area contributed by atoms with Crippen molar-refractivity contribution in [2.45, 2.75) is 18.4 Å². The molecule has 0 bridgehead atoms. The van der Waals surface area contributed by atoms with Crippen molar-refractivity contribution in [2.75, 3.05) is 4.90 Å². The highest BCUT2D eigenvalue weighted by atomic mass is 16.3. The topological polar surface area (TPSA) is 57.6 Å². The number of Topliss-reactive ketones (excluding diaryl/α,β-unsaturated/α-hetero) is 1. The molecule has 0 saturated carbocycles. The fourth-order valence-electron chi connectivity index (χ4n) is 4.55. The molecule has 0 fully saturated rings. The number of aryl methyl sites for hydroxylation is 1. The Bertz CT molecular complexity index is 1090. The molecule has 4 heteroatoms. The average Bonchev–Trinajstić information content (AvgIpc) is 2.97. The summed E-state index contributed by atoms with van der Waals surface area (Å²) in [5.74, 6) is -1.43. The summed E-state index contributed by atoms with van der Waals surface area (Å²) < 4.78 is 0. The molecule has 0 spiro atoms. The van der Waals surface area contributed by atoms with E-state index in [9.17, 15) is 14.7 Å². The fourth-order valence-corrected chi connectivity index (χ4v) is 4.55. The lowest BCUT2D eigenvalue weighted by Crippen LogP contribution is -2.48. The Kier molecular flexibility index (Phi) is 3.71. The van der Waals surface area contributed by atoms with Crippen molar-refractivity contribution in [3.63, 3.8) is 0 Å². The van der Waals surface area contributed by atoms with Crippen molar-refractivity contribution in [1.29, 1.82) is 0 Å². The Labute approximate surface area is 163 Å². The van der Waals surface area contributed by atoms with Crippen LogP contribution in [-0.4, -0.2) is 16.8 Å². The van der Waals surface area contributed by atoms with Gasteiger partial charge in [0.15, 0.2) is 11.4 Å². The van der Waals surface area contributed by atoms with Gasteiger partial charge in [-0.15, -0.1) is 0 Å². The number of hydrogen-bond donors (Lipinski definition) is 1. The summed E-state index contributed by atoms with van der Waals surface area (Å²) in [6.07, 6.45) is 1.10. The van der Waals surface area contributed by atoms with Crippen molar-refractivity contribution < 1.29 is 14.7 Å². The highest BCUT2D eigenvalue weighted by molar-refractivity contribution is 6.15. The number of nitrogens with zero attached hydrogens (tertiary/aromatic N) is 1. The summed E-state index contributed by atoms with van der Waals surface area (Å²) >= 11 is 0. The first-order valence-electron chi connectivity index (χ1n) is 9.46. The fraction of sp³-hybridized carbons (Fsp3) is 0.167. The standard InChI is InChI=1S/C24H19NO3/c26-22-18-11-5-4-8-16(18)14-15-20(22)24(28)19-12-6-7-13-21(19)25(23(24)27)17-9-2-1-3-10-17/h1-13,20,28H,14-15H2/t20-,24-/m0/s1. The van der Waals surface area contributed by atoms with Crippen LogP contribution in [0, 0.1) is 5.92 Å². The molecule has 3 aromatic carbocycles. The first-order chi connectivity index (χ1) is 13.6. The molecule has 1 heterocycles. The molecule has 0 radical (unpaired) electrons. The van der Waals surface area contributed by atoms with Crippen LogP contribution in [0.1, 0.15) is 27.9 Å². The third-order valence-corrected chi connectivity index (χ3v) is 5.91. The molecule has 1 aliphatic carbocycles. The molecule has 4 nitrogen and oxygen atoms in total. The summed E-state index contributed by atoms with van der Waals surface area (Å²) in [6.45, 7) is 0. The van der Waals surface area contributed by atoms with E-state index in [-0.39, 0.29) is 5.78 Å². The maximum absolute atomic E-state index is 13.6. The molecule has 1 amide bonds. The predicted molar refractivity (Wildman–Crippen MR) is 107 cm³/mol. The zero-order valence-electron chi connectivity index (χ0n) is 15.2. The van der Waals surface area contributed by atoms with Gasteiger partial charge in [0.2, 0.25) is 0 Å². The van der Waals surface area contributed by atoms with Gasteiger partial charge in [0.25, 0.3) is 5.91 Å². The monoisotopic (exact) mass is 369 g/mol. The molecular formula is C24H19NO3. The molecule has 5 rings (SSSR count). The number of amides is 1. The summed E-state index contributed by atoms with van der Waals surface area (Å²) in [5, 5.41) is 11.8. The number of anilines is 2. The van der Waals surface area contributed by atoms with E-state index < -0.39 is 17.4 Å². The van der Waals surface area contributed by atoms with E-state index in [0.717, 1.165) is 5.56 Å². The zero-order valence-corrected chi connectivity index (χ0v) is 15.2. The largest absolute Gasteiger partial charge is 0.375 e. The van der Waals surface area contributed by atoms with Crippen molar-refractivity contribution in [2.24, 2.45) is 5.92 Å². The lowest BCUT2D eigenvalue weighted by molar-refractivity contribution is -0.140. The molecule has 3 aromatic rings. The van der Waals surface area contributed by atoms with Gasteiger partial charge in [-0.1, -0.05) is 60.7 Å². The highest BCUT2D eigenvalue weighted by Gasteiger charge is 2.57. The second kappa shape index (κ2) is 6.14. The molecule has 0 aromatic heterocycles. The number of benzene rings is 3. The van der Waals surface area contributed by atoms with Crippen LogP contribution < -0.4 is 4.90 Å². The maximum atomic E-state index is 13.6. The number of para-hydroxylation sites is 2. The van der Waals surface area contributed by atoms with Crippen LogP contribution >= 0.6 is 0 Å². The van der Waals surface area contributed by atoms with E-state index in [0.29, 0.717) is 35.3 Å². The lowest BCUT2D eigenvalue weighted by Gasteiger charge is -2.34. The van der Waals surface area contributed by atoms with E-state index in [2.05, 4.69) is 0 Å². The second-order valence-corrected chi connectivity index (χ2v) is 7.37. The maximum Gasteiger partial charge on any atom is 0.269 e. The van der Waals surface area contributed by atoms with Gasteiger partial charge in [0.1, 0.15) is 0 Å². The number of hydrogen-bond acceptors (Lipinski definition) is 3. The third kappa shape index (κ3) is 2.21. The van der Waals surface area contributed by atoms with Gasteiger partial charge in [-0.3, -0.25) is 14.5 Å². The summed E-state index contributed by atoms with van der Waals surface area (Å²) in [6, 6.07) is 23.9. The van der Waals surface area contributed by atoms with Gasteiger partial charge in [-0.05, 0) is 36.6 Å². The normalized spacial score (nSPS) is 23.5. The van der Waals surface area contributed by atoms with Crippen LogP contribution in [0.5, 0.6) is 0 Å². The number of fused-ring (bicyclic) bond motifs is 2. The molecule has 138 valence electrons. The average molecular weight is 369 g/mol. The van der Waals surface area contributed by atoms with Gasteiger partial charge in [0, 0.05) is 16.8 Å². The molecule has 0 unspecified atom stereocenters. The highest BCUT2D eigenvalue weighted by Crippen LogP contribution is 2.50. The molecule has 2 atom stereocenters. The van der Waals surface area contributed by atoms with E-state index >= 15 is 0 Å². The predicted octanol–water partition coefficient (Wildman–Crippen LogP) is 4.00. The number of carbonyl (C=O) groups excluding carboxylic acids is 2. The molecular weight excluding hydrogens is 350 g/mol. The first kappa shape index (κ1) is 16.9. The van der Waals surface area contributed by atoms with E-state index in [4.69, 9.17) is 0 Å². The molecule has 0 saturated heterocycles. The zero-order chi connectivity index (χ0) is 19.3. The van der Waals surface area contributed by atoms with Crippen LogP contribution in [0.25, 0.3) is 0 Å². The lowest BCUT2D eigenvalue weighted by atomic mass is 9.71. The Morgan fingerprint density at radius 1 is 0.857 bits per heavy atom. The van der Waals surface area contributed by atoms with E-state index in [1.807, 2.05) is 60.7 Å². The van der Waals surface area contributed by atoms with Crippen molar-refractivity contribution in [3.05, 3.63) is 95.6 Å². The number of aliphatic hydroxyl groups is 1. The van der Waals surface area contributed by atoms with Crippen LogP contribution in [-0.2, 0) is 16.8 Å². The Morgan fingerprint density at radius 2 is 1.54 bits per heavy atom. The summed E-state index contributed by atoms with van der Waals surface area (Å²) in [4.78, 5) is 28.4. The minimum Gasteiger partial charge on any atom is -0.375 e. The molecule has 1 N–H and O–H groups in total. The Morgan fingerprint density at radius 3 is 2.36 bits per heavy atom. The van der Waals surface area contributed by atoms with Crippen LogP contribution in [0.4, 0.5) is 11.4 Å². The number of rotatable bonds is 2. The quantitative estimate of drug-likeness (QED) is 0.743. The minimum absolute atomic E-state index is 0.164. The smallest absolute Gasteiger partial charge is 0.269 e. The van der Waals surface area contributed by atoms with E-state index in [1.165, 1.54) is 4.90 Å². The SMILES string of the molecule is O=C1c2ccccc2CC[C@@H]1[C@]1(O)C(=O)N(c2ccccc2)c2ccccc21. The number of ketones is 1. The summed E-state index contributed by atoms with van der Waals surface area (Å²) in [7, 11) is 0. The molecule has 2 aliphatic rings. The Hall–Kier alpha value is -3.24.